The minimum Gasteiger partial charge on any atom is -0.493 e. The monoisotopic (exact) mass is 403 g/mol. The summed E-state index contributed by atoms with van der Waals surface area (Å²) in [5.41, 5.74) is 4.10. The van der Waals surface area contributed by atoms with Crippen molar-refractivity contribution in [1.82, 2.24) is 5.43 Å². The van der Waals surface area contributed by atoms with Gasteiger partial charge in [0.1, 0.15) is 0 Å². The van der Waals surface area contributed by atoms with Crippen molar-refractivity contribution in [3.8, 4) is 11.5 Å². The molecule has 148 valence electrons. The molecule has 0 aromatic heterocycles. The zero-order valence-electron chi connectivity index (χ0n) is 15.9. The highest BCUT2D eigenvalue weighted by atomic mass is 35.5. The molecule has 0 bridgehead atoms. The first kappa shape index (κ1) is 21.2. The zero-order valence-corrected chi connectivity index (χ0v) is 16.7. The van der Waals surface area contributed by atoms with Crippen molar-refractivity contribution < 1.29 is 19.1 Å². The Morgan fingerprint density at radius 2 is 1.93 bits per heavy atom. The van der Waals surface area contributed by atoms with Crippen molar-refractivity contribution in [2.75, 3.05) is 19.0 Å². The summed E-state index contributed by atoms with van der Waals surface area (Å²) < 4.78 is 10.9. The fourth-order valence-electron chi connectivity index (χ4n) is 2.22. The Balaban J connectivity index is 1.96. The summed E-state index contributed by atoms with van der Waals surface area (Å²) >= 11 is 5.90. The second-order valence-corrected chi connectivity index (χ2v) is 6.31. The summed E-state index contributed by atoms with van der Waals surface area (Å²) in [7, 11) is 1.54. The molecule has 0 aliphatic rings. The summed E-state index contributed by atoms with van der Waals surface area (Å²) in [6.45, 7) is 4.39. The van der Waals surface area contributed by atoms with Crippen LogP contribution in [0.5, 0.6) is 11.5 Å². The van der Waals surface area contributed by atoms with Crippen LogP contribution in [0.1, 0.15) is 24.5 Å². The number of hydrazone groups is 1. The van der Waals surface area contributed by atoms with Gasteiger partial charge in [0.15, 0.2) is 11.5 Å². The van der Waals surface area contributed by atoms with Crippen molar-refractivity contribution in [3.63, 3.8) is 0 Å². The first-order valence-electron chi connectivity index (χ1n) is 8.66. The highest BCUT2D eigenvalue weighted by Gasteiger charge is 2.14. The Hall–Kier alpha value is -3.06. The molecule has 0 aliphatic heterocycles. The smallest absolute Gasteiger partial charge is 0.329 e. The van der Waals surface area contributed by atoms with Gasteiger partial charge >= 0.3 is 11.8 Å². The summed E-state index contributed by atoms with van der Waals surface area (Å²) in [5.74, 6) is -0.561. The maximum Gasteiger partial charge on any atom is 0.329 e. The minimum atomic E-state index is -0.898. The molecule has 0 saturated carbocycles. The number of ether oxygens (including phenoxy) is 2. The van der Waals surface area contributed by atoms with Gasteiger partial charge in [-0.05, 0) is 54.8 Å². The quantitative estimate of drug-likeness (QED) is 0.420. The van der Waals surface area contributed by atoms with Gasteiger partial charge in [-0.1, -0.05) is 24.6 Å². The molecule has 2 amide bonds. The van der Waals surface area contributed by atoms with E-state index in [1.165, 1.54) is 6.21 Å². The molecule has 2 aromatic rings. The van der Waals surface area contributed by atoms with Crippen LogP contribution in [-0.4, -0.2) is 31.7 Å². The van der Waals surface area contributed by atoms with Gasteiger partial charge in [0, 0.05) is 10.7 Å². The van der Waals surface area contributed by atoms with Crippen LogP contribution < -0.4 is 20.2 Å². The fourth-order valence-corrected chi connectivity index (χ4v) is 2.39. The lowest BCUT2D eigenvalue weighted by Gasteiger charge is -2.10. The number of carbonyl (C=O) groups is 2. The van der Waals surface area contributed by atoms with Gasteiger partial charge in [-0.25, -0.2) is 5.43 Å². The molecule has 2 rings (SSSR count). The molecule has 0 unspecified atom stereocenters. The van der Waals surface area contributed by atoms with Gasteiger partial charge in [0.05, 0.1) is 19.9 Å². The number of rotatable bonds is 7. The molecule has 0 fully saturated rings. The van der Waals surface area contributed by atoms with Gasteiger partial charge < -0.3 is 14.8 Å². The van der Waals surface area contributed by atoms with Crippen molar-refractivity contribution >= 4 is 35.3 Å². The van der Waals surface area contributed by atoms with Crippen LogP contribution in [0, 0.1) is 6.92 Å². The number of aryl methyl sites for hydroxylation is 1. The molecule has 0 atom stereocenters. The van der Waals surface area contributed by atoms with Gasteiger partial charge in [0.2, 0.25) is 0 Å². The SMILES string of the molecule is CCCOc1ccc(C=NNC(=O)C(=O)Nc2cc(Cl)ccc2C)cc1OC. The molecule has 0 heterocycles. The number of amides is 2. The van der Waals surface area contributed by atoms with Crippen LogP contribution in [0.3, 0.4) is 0 Å². The molecular weight excluding hydrogens is 382 g/mol. The number of nitrogens with zero attached hydrogens (tertiary/aromatic N) is 1. The Morgan fingerprint density at radius 1 is 1.14 bits per heavy atom. The standard InChI is InChI=1S/C20H22ClN3O4/c1-4-9-28-17-8-6-14(10-18(17)27-3)12-22-24-20(26)19(25)23-16-11-15(21)7-5-13(16)2/h5-8,10-12H,4,9H2,1-3H3,(H,23,25)(H,24,26). The van der Waals surface area contributed by atoms with E-state index in [4.69, 9.17) is 21.1 Å². The lowest BCUT2D eigenvalue weighted by molar-refractivity contribution is -0.136. The van der Waals surface area contributed by atoms with Crippen LogP contribution in [0.4, 0.5) is 5.69 Å². The molecule has 2 N–H and O–H groups in total. The molecular formula is C20H22ClN3O4. The average molecular weight is 404 g/mol. The van der Waals surface area contributed by atoms with Crippen LogP contribution in [-0.2, 0) is 9.59 Å². The van der Waals surface area contributed by atoms with E-state index < -0.39 is 11.8 Å². The Bertz CT molecular complexity index is 884. The number of benzene rings is 2. The Kier molecular flexibility index (Phi) is 7.83. The lowest BCUT2D eigenvalue weighted by Crippen LogP contribution is -2.32. The largest absolute Gasteiger partial charge is 0.493 e. The third kappa shape index (κ3) is 5.99. The maximum atomic E-state index is 12.0. The molecule has 7 nitrogen and oxygen atoms in total. The van der Waals surface area contributed by atoms with Gasteiger partial charge in [-0.15, -0.1) is 0 Å². The summed E-state index contributed by atoms with van der Waals surface area (Å²) in [4.78, 5) is 23.9. The number of carbonyl (C=O) groups excluding carboxylic acids is 2. The van der Waals surface area contributed by atoms with Crippen LogP contribution in [0.2, 0.25) is 5.02 Å². The van der Waals surface area contributed by atoms with E-state index in [-0.39, 0.29) is 0 Å². The number of nitrogens with one attached hydrogen (secondary N) is 2. The number of methoxy groups -OCH3 is 1. The first-order chi connectivity index (χ1) is 13.4. The Morgan fingerprint density at radius 3 is 2.64 bits per heavy atom. The summed E-state index contributed by atoms with van der Waals surface area (Å²) in [6.07, 6.45) is 2.29. The van der Waals surface area contributed by atoms with Gasteiger partial charge in [0.25, 0.3) is 0 Å². The second kappa shape index (κ2) is 10.3. The van der Waals surface area contributed by atoms with E-state index in [9.17, 15) is 9.59 Å². The highest BCUT2D eigenvalue weighted by Crippen LogP contribution is 2.27. The normalized spacial score (nSPS) is 10.6. The molecule has 0 aliphatic carbocycles. The van der Waals surface area contributed by atoms with Gasteiger partial charge in [-0.2, -0.15) is 5.10 Å². The highest BCUT2D eigenvalue weighted by molar-refractivity contribution is 6.40. The van der Waals surface area contributed by atoms with Gasteiger partial charge in [-0.3, -0.25) is 9.59 Å². The number of anilines is 1. The molecule has 28 heavy (non-hydrogen) atoms. The average Bonchev–Trinajstić information content (AvgIpc) is 2.69. The second-order valence-electron chi connectivity index (χ2n) is 5.87. The summed E-state index contributed by atoms with van der Waals surface area (Å²) in [5, 5.41) is 6.76. The molecule has 2 aromatic carbocycles. The maximum absolute atomic E-state index is 12.0. The molecule has 0 radical (unpaired) electrons. The van der Waals surface area contributed by atoms with E-state index in [1.54, 1.807) is 50.4 Å². The Labute approximate surface area is 168 Å². The predicted molar refractivity (Wildman–Crippen MR) is 109 cm³/mol. The van der Waals surface area contributed by atoms with E-state index in [0.717, 1.165) is 12.0 Å². The third-order valence-electron chi connectivity index (χ3n) is 3.68. The van der Waals surface area contributed by atoms with Crippen molar-refractivity contribution in [2.45, 2.75) is 20.3 Å². The zero-order chi connectivity index (χ0) is 20.5. The van der Waals surface area contributed by atoms with Crippen LogP contribution in [0.25, 0.3) is 0 Å². The molecule has 0 saturated heterocycles. The third-order valence-corrected chi connectivity index (χ3v) is 3.92. The number of hydrogen-bond donors (Lipinski definition) is 2. The lowest BCUT2D eigenvalue weighted by atomic mass is 10.2. The van der Waals surface area contributed by atoms with Crippen molar-refractivity contribution in [1.29, 1.82) is 0 Å². The van der Waals surface area contributed by atoms with Crippen LogP contribution in [0.15, 0.2) is 41.5 Å². The van der Waals surface area contributed by atoms with Crippen molar-refractivity contribution in [3.05, 3.63) is 52.5 Å². The van der Waals surface area contributed by atoms with E-state index in [2.05, 4.69) is 15.8 Å². The topological polar surface area (TPSA) is 89.0 Å². The van der Waals surface area contributed by atoms with Crippen LogP contribution >= 0.6 is 11.6 Å². The minimum absolute atomic E-state index is 0.458. The number of halogens is 1. The van der Waals surface area contributed by atoms with E-state index in [1.807, 2.05) is 6.92 Å². The van der Waals surface area contributed by atoms with E-state index in [0.29, 0.717) is 34.4 Å². The first-order valence-corrected chi connectivity index (χ1v) is 9.03. The predicted octanol–water partition coefficient (Wildman–Crippen LogP) is 3.53. The van der Waals surface area contributed by atoms with Crippen molar-refractivity contribution in [2.24, 2.45) is 5.10 Å². The molecule has 0 spiro atoms. The number of hydrogen-bond acceptors (Lipinski definition) is 5. The molecule has 8 heteroatoms. The van der Waals surface area contributed by atoms with E-state index >= 15 is 0 Å². The summed E-state index contributed by atoms with van der Waals surface area (Å²) in [6, 6.07) is 10.2. The fraction of sp³-hybridized carbons (Fsp3) is 0.250.